The van der Waals surface area contributed by atoms with E-state index in [2.05, 4.69) is 29.2 Å². The fourth-order valence-corrected chi connectivity index (χ4v) is 6.56. The Morgan fingerprint density at radius 1 is 1.00 bits per heavy atom. The van der Waals surface area contributed by atoms with Crippen molar-refractivity contribution in [3.63, 3.8) is 0 Å². The molecule has 6 heteroatoms. The highest BCUT2D eigenvalue weighted by Crippen LogP contribution is 2.28. The van der Waals surface area contributed by atoms with Gasteiger partial charge in [-0.2, -0.15) is 4.31 Å². The Labute approximate surface area is 154 Å². The number of hydrogen-bond donors (Lipinski definition) is 0. The zero-order valence-electron chi connectivity index (χ0n) is 14.3. The zero-order valence-corrected chi connectivity index (χ0v) is 15.9. The third-order valence-electron chi connectivity index (χ3n) is 5.39. The van der Waals surface area contributed by atoms with Gasteiger partial charge in [-0.3, -0.25) is 4.90 Å². The first kappa shape index (κ1) is 17.2. The smallest absolute Gasteiger partial charge is 0.252 e. The fourth-order valence-electron chi connectivity index (χ4n) is 3.94. The average Bonchev–Trinajstić information content (AvgIpc) is 3.18. The monoisotopic (exact) mass is 376 g/mol. The standard InChI is InChI=1S/C19H24N2O2S2/c22-25(23,19-6-3-13-24-19)21-11-7-16(8-12-21)14-20-10-9-17-4-1-2-5-18(17)15-20/h1-6,13,16H,7-12,14-15H2. The number of fused-ring (bicyclic) bond motifs is 1. The van der Waals surface area contributed by atoms with Crippen LogP contribution in [0.2, 0.25) is 0 Å². The van der Waals surface area contributed by atoms with Crippen LogP contribution in [0.1, 0.15) is 24.0 Å². The number of thiophene rings is 1. The Hall–Kier alpha value is -1.21. The van der Waals surface area contributed by atoms with Gasteiger partial charge in [0.1, 0.15) is 4.21 Å². The lowest BCUT2D eigenvalue weighted by Gasteiger charge is -2.36. The Kier molecular flexibility index (Phi) is 4.95. The van der Waals surface area contributed by atoms with Crippen molar-refractivity contribution in [3.8, 4) is 0 Å². The summed E-state index contributed by atoms with van der Waals surface area (Å²) in [6.07, 6.45) is 3.05. The molecule has 0 amide bonds. The fraction of sp³-hybridized carbons (Fsp3) is 0.474. The van der Waals surface area contributed by atoms with Crippen LogP contribution in [0, 0.1) is 5.92 Å². The quantitative estimate of drug-likeness (QED) is 0.823. The van der Waals surface area contributed by atoms with Crippen molar-refractivity contribution in [1.29, 1.82) is 0 Å². The number of sulfonamides is 1. The molecule has 1 saturated heterocycles. The van der Waals surface area contributed by atoms with Gasteiger partial charge in [0.05, 0.1) is 0 Å². The van der Waals surface area contributed by atoms with Crippen LogP contribution in [0.25, 0.3) is 0 Å². The van der Waals surface area contributed by atoms with Crippen molar-refractivity contribution in [2.24, 2.45) is 5.92 Å². The van der Waals surface area contributed by atoms with E-state index >= 15 is 0 Å². The van der Waals surface area contributed by atoms with Gasteiger partial charge in [0.2, 0.25) is 0 Å². The summed E-state index contributed by atoms with van der Waals surface area (Å²) in [4.78, 5) is 2.54. The molecule has 2 aliphatic heterocycles. The molecule has 25 heavy (non-hydrogen) atoms. The minimum atomic E-state index is -3.28. The second-order valence-corrected chi connectivity index (χ2v) is 10.1. The molecule has 4 nitrogen and oxygen atoms in total. The first-order chi connectivity index (χ1) is 12.1. The van der Waals surface area contributed by atoms with Crippen molar-refractivity contribution in [3.05, 3.63) is 52.9 Å². The molecule has 1 aromatic heterocycles. The first-order valence-corrected chi connectivity index (χ1v) is 11.3. The predicted octanol–water partition coefficient (Wildman–Crippen LogP) is 3.21. The summed E-state index contributed by atoms with van der Waals surface area (Å²) in [6, 6.07) is 12.2. The molecule has 0 bridgehead atoms. The van der Waals surface area contributed by atoms with Gasteiger partial charge in [-0.1, -0.05) is 30.3 Å². The summed E-state index contributed by atoms with van der Waals surface area (Å²) in [5.41, 5.74) is 2.93. The molecule has 0 radical (unpaired) electrons. The summed E-state index contributed by atoms with van der Waals surface area (Å²) in [5.74, 6) is 0.597. The second kappa shape index (κ2) is 7.19. The maximum Gasteiger partial charge on any atom is 0.252 e. The van der Waals surface area contributed by atoms with Crippen molar-refractivity contribution < 1.29 is 8.42 Å². The van der Waals surface area contributed by atoms with Crippen LogP contribution < -0.4 is 0 Å². The van der Waals surface area contributed by atoms with Gasteiger partial charge in [-0.05, 0) is 47.8 Å². The molecule has 1 fully saturated rings. The number of hydrogen-bond acceptors (Lipinski definition) is 4. The minimum absolute atomic E-state index is 0.471. The summed E-state index contributed by atoms with van der Waals surface area (Å²) in [6.45, 7) is 4.53. The summed E-state index contributed by atoms with van der Waals surface area (Å²) in [7, 11) is -3.28. The van der Waals surface area contributed by atoms with E-state index in [1.165, 1.54) is 22.5 Å². The molecule has 2 aromatic rings. The molecule has 0 unspecified atom stereocenters. The van der Waals surface area contributed by atoms with Gasteiger partial charge in [0, 0.05) is 32.7 Å². The third-order valence-corrected chi connectivity index (χ3v) is 8.66. The van der Waals surface area contributed by atoms with Gasteiger partial charge in [0.15, 0.2) is 0 Å². The Morgan fingerprint density at radius 2 is 1.76 bits per heavy atom. The van der Waals surface area contributed by atoms with Crippen LogP contribution in [-0.4, -0.2) is 43.8 Å². The van der Waals surface area contributed by atoms with Crippen molar-refractivity contribution in [2.45, 2.75) is 30.0 Å². The molecule has 4 rings (SSSR count). The van der Waals surface area contributed by atoms with E-state index in [9.17, 15) is 8.42 Å². The summed E-state index contributed by atoms with van der Waals surface area (Å²) >= 11 is 1.31. The normalized spacial score (nSPS) is 20.5. The molecule has 0 aliphatic carbocycles. The average molecular weight is 377 g/mol. The molecule has 0 atom stereocenters. The maximum absolute atomic E-state index is 12.6. The highest BCUT2D eigenvalue weighted by atomic mass is 32.2. The highest BCUT2D eigenvalue weighted by Gasteiger charge is 2.31. The summed E-state index contributed by atoms with van der Waals surface area (Å²) < 4.78 is 27.4. The van der Waals surface area contributed by atoms with E-state index in [-0.39, 0.29) is 0 Å². The van der Waals surface area contributed by atoms with Crippen molar-refractivity contribution in [2.75, 3.05) is 26.2 Å². The summed E-state index contributed by atoms with van der Waals surface area (Å²) in [5, 5.41) is 1.83. The van der Waals surface area contributed by atoms with Gasteiger partial charge in [0.25, 0.3) is 10.0 Å². The van der Waals surface area contributed by atoms with Crippen LogP contribution in [-0.2, 0) is 23.0 Å². The molecule has 0 N–H and O–H groups in total. The van der Waals surface area contributed by atoms with Crippen LogP contribution in [0.5, 0.6) is 0 Å². The lowest BCUT2D eigenvalue weighted by atomic mass is 9.94. The SMILES string of the molecule is O=S(=O)(c1cccs1)N1CCC(CN2CCc3ccccc3C2)CC1. The number of piperidine rings is 1. The minimum Gasteiger partial charge on any atom is -0.298 e. The Balaban J connectivity index is 1.33. The molecule has 0 saturated carbocycles. The van der Waals surface area contributed by atoms with Gasteiger partial charge >= 0.3 is 0 Å². The largest absolute Gasteiger partial charge is 0.298 e. The molecular formula is C19H24N2O2S2. The third kappa shape index (κ3) is 3.67. The van der Waals surface area contributed by atoms with Crippen LogP contribution in [0.3, 0.4) is 0 Å². The number of nitrogens with zero attached hydrogens (tertiary/aromatic N) is 2. The van der Waals surface area contributed by atoms with Crippen LogP contribution >= 0.6 is 11.3 Å². The van der Waals surface area contributed by atoms with Gasteiger partial charge < -0.3 is 0 Å². The lowest BCUT2D eigenvalue weighted by molar-refractivity contribution is 0.171. The topological polar surface area (TPSA) is 40.6 Å². The van der Waals surface area contributed by atoms with E-state index in [0.717, 1.165) is 38.9 Å². The van der Waals surface area contributed by atoms with Crippen molar-refractivity contribution in [1.82, 2.24) is 9.21 Å². The molecular weight excluding hydrogens is 352 g/mol. The highest BCUT2D eigenvalue weighted by molar-refractivity contribution is 7.91. The number of benzene rings is 1. The predicted molar refractivity (Wildman–Crippen MR) is 101 cm³/mol. The molecule has 0 spiro atoms. The van der Waals surface area contributed by atoms with Gasteiger partial charge in [-0.15, -0.1) is 11.3 Å². The van der Waals surface area contributed by atoms with Crippen LogP contribution in [0.15, 0.2) is 46.0 Å². The second-order valence-electron chi connectivity index (χ2n) is 7.03. The Morgan fingerprint density at radius 3 is 2.48 bits per heavy atom. The van der Waals surface area contributed by atoms with E-state index in [1.54, 1.807) is 16.4 Å². The van der Waals surface area contributed by atoms with E-state index < -0.39 is 10.0 Å². The van der Waals surface area contributed by atoms with Crippen molar-refractivity contribution >= 4 is 21.4 Å². The Bertz CT molecular complexity index is 810. The van der Waals surface area contributed by atoms with E-state index in [1.807, 2.05) is 5.38 Å². The van der Waals surface area contributed by atoms with E-state index in [0.29, 0.717) is 23.2 Å². The molecule has 3 heterocycles. The van der Waals surface area contributed by atoms with E-state index in [4.69, 9.17) is 0 Å². The first-order valence-electron chi connectivity index (χ1n) is 8.96. The number of rotatable bonds is 4. The lowest BCUT2D eigenvalue weighted by Crippen LogP contribution is -2.42. The molecule has 1 aromatic carbocycles. The molecule has 2 aliphatic rings. The zero-order chi connectivity index (χ0) is 17.3. The maximum atomic E-state index is 12.6. The molecule has 134 valence electrons. The van der Waals surface area contributed by atoms with Crippen LogP contribution in [0.4, 0.5) is 0 Å². The van der Waals surface area contributed by atoms with Gasteiger partial charge in [-0.25, -0.2) is 8.42 Å².